The Morgan fingerprint density at radius 2 is 1.47 bits per heavy atom. The van der Waals surface area contributed by atoms with Gasteiger partial charge in [-0.15, -0.1) is 0 Å². The molecule has 34 heavy (non-hydrogen) atoms. The van der Waals surface area contributed by atoms with Crippen molar-refractivity contribution in [3.8, 4) is 0 Å². The number of nitrogens with zero attached hydrogens (tertiary/aromatic N) is 1. The zero-order chi connectivity index (χ0) is 24.1. The molecule has 0 bridgehead atoms. The predicted octanol–water partition coefficient (Wildman–Crippen LogP) is 4.03. The van der Waals surface area contributed by atoms with E-state index in [-0.39, 0.29) is 22.6 Å². The van der Waals surface area contributed by atoms with Crippen molar-refractivity contribution >= 4 is 27.5 Å². The van der Waals surface area contributed by atoms with Gasteiger partial charge in [0.1, 0.15) is 0 Å². The van der Waals surface area contributed by atoms with Crippen LogP contribution < -0.4 is 10.0 Å². The minimum absolute atomic E-state index is 0.0434. The van der Waals surface area contributed by atoms with E-state index in [0.717, 1.165) is 18.8 Å². The van der Waals surface area contributed by atoms with Crippen molar-refractivity contribution in [3.63, 3.8) is 0 Å². The van der Waals surface area contributed by atoms with Gasteiger partial charge in [0.05, 0.1) is 4.90 Å². The molecule has 1 aliphatic carbocycles. The summed E-state index contributed by atoms with van der Waals surface area (Å²) in [7, 11) is -3.68. The molecular weight excluding hydrogens is 450 g/mol. The summed E-state index contributed by atoms with van der Waals surface area (Å²) in [6.07, 6.45) is 5.78. The predicted molar refractivity (Wildman–Crippen MR) is 132 cm³/mol. The number of sulfonamides is 1. The number of carbonyl (C=O) groups is 2. The van der Waals surface area contributed by atoms with Gasteiger partial charge in [0, 0.05) is 36.3 Å². The standard InChI is InChI=1S/C26H33N3O4S/c1-19-7-11-22(12-8-19)27-25(30)20-15-17-29(18-16-20)26(31)21-9-13-23(14-10-21)28-34(32,33)24-5-3-2-4-6-24/h2-6,9-10,13-14,19-20,22,28H,7-8,11-12,15-18H2,1H3,(H,27,30). The molecule has 0 aromatic heterocycles. The lowest BCUT2D eigenvalue weighted by Crippen LogP contribution is -2.46. The van der Waals surface area contributed by atoms with Gasteiger partial charge >= 0.3 is 0 Å². The van der Waals surface area contributed by atoms with E-state index in [1.807, 2.05) is 0 Å². The van der Waals surface area contributed by atoms with Crippen LogP contribution >= 0.6 is 0 Å². The molecule has 182 valence electrons. The minimum Gasteiger partial charge on any atom is -0.353 e. The second-order valence-corrected chi connectivity index (χ2v) is 11.2. The number of rotatable bonds is 6. The highest BCUT2D eigenvalue weighted by molar-refractivity contribution is 7.92. The molecule has 1 heterocycles. The summed E-state index contributed by atoms with van der Waals surface area (Å²) in [5.41, 5.74) is 0.898. The quantitative estimate of drug-likeness (QED) is 0.648. The van der Waals surface area contributed by atoms with Gasteiger partial charge in [0.15, 0.2) is 0 Å². The van der Waals surface area contributed by atoms with E-state index in [0.29, 0.717) is 43.2 Å². The van der Waals surface area contributed by atoms with Gasteiger partial charge in [-0.1, -0.05) is 25.1 Å². The first-order chi connectivity index (χ1) is 16.3. The van der Waals surface area contributed by atoms with Crippen molar-refractivity contribution < 1.29 is 18.0 Å². The fourth-order valence-corrected chi connectivity index (χ4v) is 5.83. The van der Waals surface area contributed by atoms with Crippen molar-refractivity contribution in [2.24, 2.45) is 11.8 Å². The van der Waals surface area contributed by atoms with Crippen molar-refractivity contribution in [2.75, 3.05) is 17.8 Å². The molecule has 2 aromatic carbocycles. The summed E-state index contributed by atoms with van der Waals surface area (Å²) in [5.74, 6) is 0.734. The molecule has 2 aliphatic rings. The van der Waals surface area contributed by atoms with Crippen LogP contribution in [0.15, 0.2) is 59.5 Å². The fourth-order valence-electron chi connectivity index (χ4n) is 4.75. The second kappa shape index (κ2) is 10.6. The molecule has 1 aliphatic heterocycles. The zero-order valence-electron chi connectivity index (χ0n) is 19.6. The monoisotopic (exact) mass is 483 g/mol. The minimum atomic E-state index is -3.68. The van der Waals surface area contributed by atoms with Crippen LogP contribution in [0.25, 0.3) is 0 Å². The number of hydrogen-bond donors (Lipinski definition) is 2. The number of piperidine rings is 1. The van der Waals surface area contributed by atoms with Crippen LogP contribution in [0, 0.1) is 11.8 Å². The average Bonchev–Trinajstić information content (AvgIpc) is 2.86. The normalized spacial score (nSPS) is 21.6. The largest absolute Gasteiger partial charge is 0.353 e. The molecule has 0 unspecified atom stereocenters. The Balaban J connectivity index is 1.28. The SMILES string of the molecule is CC1CCC(NC(=O)C2CCN(C(=O)c3ccc(NS(=O)(=O)c4ccccc4)cc3)CC2)CC1. The Morgan fingerprint density at radius 3 is 2.09 bits per heavy atom. The Bertz CT molecular complexity index is 1090. The molecule has 2 amide bonds. The molecule has 0 spiro atoms. The maximum Gasteiger partial charge on any atom is 0.261 e. The first-order valence-electron chi connectivity index (χ1n) is 12.1. The van der Waals surface area contributed by atoms with Crippen molar-refractivity contribution in [2.45, 2.75) is 56.4 Å². The van der Waals surface area contributed by atoms with Gasteiger partial charge in [-0.2, -0.15) is 0 Å². The number of hydrogen-bond acceptors (Lipinski definition) is 4. The summed E-state index contributed by atoms with van der Waals surface area (Å²) in [4.78, 5) is 27.6. The van der Waals surface area contributed by atoms with Crippen molar-refractivity contribution in [3.05, 3.63) is 60.2 Å². The van der Waals surface area contributed by atoms with Gasteiger partial charge in [0.25, 0.3) is 15.9 Å². The van der Waals surface area contributed by atoms with E-state index < -0.39 is 10.0 Å². The Morgan fingerprint density at radius 1 is 0.853 bits per heavy atom. The Kier molecular flexibility index (Phi) is 7.56. The molecule has 7 nitrogen and oxygen atoms in total. The maximum absolute atomic E-state index is 12.9. The van der Waals surface area contributed by atoms with Crippen LogP contribution in [0.4, 0.5) is 5.69 Å². The van der Waals surface area contributed by atoms with Crippen LogP contribution in [0.1, 0.15) is 55.8 Å². The molecule has 0 atom stereocenters. The fraction of sp³-hybridized carbons (Fsp3) is 0.462. The third kappa shape index (κ3) is 5.97. The van der Waals surface area contributed by atoms with Crippen LogP contribution in [0.3, 0.4) is 0 Å². The number of benzene rings is 2. The molecule has 4 rings (SSSR count). The maximum atomic E-state index is 12.9. The van der Waals surface area contributed by atoms with E-state index in [9.17, 15) is 18.0 Å². The number of likely N-dealkylation sites (tertiary alicyclic amines) is 1. The number of carbonyl (C=O) groups excluding carboxylic acids is 2. The summed E-state index contributed by atoms with van der Waals surface area (Å²) in [5, 5.41) is 3.22. The first kappa shape index (κ1) is 24.3. The summed E-state index contributed by atoms with van der Waals surface area (Å²) in [6.45, 7) is 3.35. The summed E-state index contributed by atoms with van der Waals surface area (Å²) >= 11 is 0. The highest BCUT2D eigenvalue weighted by Gasteiger charge is 2.29. The lowest BCUT2D eigenvalue weighted by molar-refractivity contribution is -0.127. The number of anilines is 1. The van der Waals surface area contributed by atoms with Gasteiger partial charge in [-0.3, -0.25) is 14.3 Å². The molecule has 1 saturated heterocycles. The van der Waals surface area contributed by atoms with E-state index in [1.54, 1.807) is 47.4 Å². The zero-order valence-corrected chi connectivity index (χ0v) is 20.4. The first-order valence-corrected chi connectivity index (χ1v) is 13.6. The van der Waals surface area contributed by atoms with Crippen molar-refractivity contribution in [1.82, 2.24) is 10.2 Å². The molecular formula is C26H33N3O4S. The highest BCUT2D eigenvalue weighted by atomic mass is 32.2. The third-order valence-electron chi connectivity index (χ3n) is 6.95. The van der Waals surface area contributed by atoms with E-state index in [2.05, 4.69) is 17.0 Å². The lowest BCUT2D eigenvalue weighted by Gasteiger charge is -2.33. The molecule has 2 fully saturated rings. The van der Waals surface area contributed by atoms with E-state index in [4.69, 9.17) is 0 Å². The van der Waals surface area contributed by atoms with Gasteiger partial charge < -0.3 is 10.2 Å². The number of nitrogens with one attached hydrogen (secondary N) is 2. The van der Waals surface area contributed by atoms with E-state index in [1.165, 1.54) is 25.0 Å². The van der Waals surface area contributed by atoms with Crippen LogP contribution in [0.2, 0.25) is 0 Å². The van der Waals surface area contributed by atoms with Gasteiger partial charge in [-0.05, 0) is 80.8 Å². The van der Waals surface area contributed by atoms with Gasteiger partial charge in [-0.25, -0.2) is 8.42 Å². The highest BCUT2D eigenvalue weighted by Crippen LogP contribution is 2.25. The smallest absolute Gasteiger partial charge is 0.261 e. The molecule has 1 saturated carbocycles. The Hall–Kier alpha value is -2.87. The van der Waals surface area contributed by atoms with Crippen LogP contribution in [0.5, 0.6) is 0 Å². The average molecular weight is 484 g/mol. The van der Waals surface area contributed by atoms with Crippen molar-refractivity contribution in [1.29, 1.82) is 0 Å². The molecule has 8 heteroatoms. The van der Waals surface area contributed by atoms with Crippen LogP contribution in [-0.4, -0.2) is 44.3 Å². The summed E-state index contributed by atoms with van der Waals surface area (Å²) < 4.78 is 27.5. The molecule has 0 radical (unpaired) electrons. The lowest BCUT2D eigenvalue weighted by atomic mass is 9.86. The molecule has 2 aromatic rings. The molecule has 2 N–H and O–H groups in total. The second-order valence-electron chi connectivity index (χ2n) is 9.53. The van der Waals surface area contributed by atoms with E-state index >= 15 is 0 Å². The summed E-state index contributed by atoms with van der Waals surface area (Å²) in [6, 6.07) is 14.9. The van der Waals surface area contributed by atoms with Gasteiger partial charge in [0.2, 0.25) is 5.91 Å². The van der Waals surface area contributed by atoms with Crippen LogP contribution in [-0.2, 0) is 14.8 Å². The third-order valence-corrected chi connectivity index (χ3v) is 8.35. The number of amides is 2. The Labute approximate surface area is 202 Å². The topological polar surface area (TPSA) is 95.6 Å².